The summed E-state index contributed by atoms with van der Waals surface area (Å²) in [5.41, 5.74) is 6.29. The van der Waals surface area contributed by atoms with Crippen LogP contribution in [0.15, 0.2) is 125 Å². The topological polar surface area (TPSA) is 39.1 Å². The van der Waals surface area contributed by atoms with Crippen molar-refractivity contribution in [3.8, 4) is 27.9 Å². The SMILES string of the molecule is Cc1cccc(C)c1-n1c(=O)c2c3cc(-c4ccccc4)c4ccc5ccc6c(-c7ccccc7)cc(c2c1=O)c1c6c5c4c31. The van der Waals surface area contributed by atoms with E-state index in [1.54, 1.807) is 0 Å². The van der Waals surface area contributed by atoms with E-state index in [-0.39, 0.29) is 11.1 Å². The number of rotatable bonds is 3. The molecule has 10 rings (SSSR count). The van der Waals surface area contributed by atoms with Crippen molar-refractivity contribution in [1.82, 2.24) is 4.57 Å². The van der Waals surface area contributed by atoms with Crippen molar-refractivity contribution in [2.75, 3.05) is 0 Å². The van der Waals surface area contributed by atoms with Gasteiger partial charge in [0.15, 0.2) is 0 Å². The molecule has 0 aliphatic heterocycles. The highest BCUT2D eigenvalue weighted by atomic mass is 16.2. The fraction of sp³-hybridized carbons (Fsp3) is 0.0476. The molecule has 1 heterocycles. The van der Waals surface area contributed by atoms with Gasteiger partial charge in [-0.15, -0.1) is 0 Å². The number of para-hydroxylation sites is 1. The van der Waals surface area contributed by atoms with Gasteiger partial charge in [-0.05, 0) is 113 Å². The van der Waals surface area contributed by atoms with Gasteiger partial charge in [-0.25, -0.2) is 4.57 Å². The van der Waals surface area contributed by atoms with E-state index >= 15 is 0 Å². The molecule has 0 saturated heterocycles. The molecule has 0 saturated carbocycles. The Balaban J connectivity index is 1.55. The number of hydrogen-bond acceptors (Lipinski definition) is 2. The van der Waals surface area contributed by atoms with Crippen molar-refractivity contribution in [3.05, 3.63) is 147 Å². The minimum Gasteiger partial charge on any atom is -0.268 e. The lowest BCUT2D eigenvalue weighted by Crippen LogP contribution is -2.25. The average molecular weight is 576 g/mol. The molecule has 3 nitrogen and oxygen atoms in total. The molecule has 210 valence electrons. The molecule has 0 fully saturated rings. The van der Waals surface area contributed by atoms with E-state index in [9.17, 15) is 9.59 Å². The summed E-state index contributed by atoms with van der Waals surface area (Å²) in [6, 6.07) is 39.9. The Morgan fingerprint density at radius 1 is 0.422 bits per heavy atom. The summed E-state index contributed by atoms with van der Waals surface area (Å²) < 4.78 is 1.43. The van der Waals surface area contributed by atoms with Crippen LogP contribution in [0.2, 0.25) is 0 Å². The highest BCUT2D eigenvalue weighted by molar-refractivity contribution is 6.50. The van der Waals surface area contributed by atoms with E-state index < -0.39 is 0 Å². The summed E-state index contributed by atoms with van der Waals surface area (Å²) in [5, 5.41) is 11.9. The Hall–Kier alpha value is -5.80. The summed E-state index contributed by atoms with van der Waals surface area (Å²) in [7, 11) is 0. The Morgan fingerprint density at radius 3 is 1.33 bits per heavy atom. The zero-order valence-corrected chi connectivity index (χ0v) is 24.7. The number of hydrogen-bond donors (Lipinski definition) is 0. The summed E-state index contributed by atoms with van der Waals surface area (Å²) >= 11 is 0. The van der Waals surface area contributed by atoms with E-state index in [0.29, 0.717) is 16.5 Å². The first kappa shape index (κ1) is 24.6. The van der Waals surface area contributed by atoms with Crippen molar-refractivity contribution in [1.29, 1.82) is 0 Å². The summed E-state index contributed by atoms with van der Waals surface area (Å²) in [6.07, 6.45) is 0. The van der Waals surface area contributed by atoms with Crippen molar-refractivity contribution >= 4 is 64.6 Å². The standard InChI is InChI=1S/C42H25NO2/c1-22-10-9-11-23(2)40(22)43-41(44)38-31-20-29(24-12-5-3-6-13-24)27-18-16-26-17-19-28-30(25-14-7-4-8-15-25)21-32(39(38)42(43)45)37-35(28)33(26)34(27)36(31)37/h3-21H,1-2H3. The third kappa shape index (κ3) is 2.95. The smallest absolute Gasteiger partial charge is 0.266 e. The highest BCUT2D eigenvalue weighted by Crippen LogP contribution is 2.53. The van der Waals surface area contributed by atoms with Crippen molar-refractivity contribution in [3.63, 3.8) is 0 Å². The van der Waals surface area contributed by atoms with Crippen LogP contribution in [-0.2, 0) is 0 Å². The van der Waals surface area contributed by atoms with Crippen LogP contribution in [0.1, 0.15) is 11.1 Å². The molecule has 0 atom stereocenters. The molecule has 0 N–H and O–H groups in total. The summed E-state index contributed by atoms with van der Waals surface area (Å²) in [5.74, 6) is 0. The zero-order valence-electron chi connectivity index (χ0n) is 24.7. The fourth-order valence-electron chi connectivity index (χ4n) is 8.26. The maximum atomic E-state index is 14.8. The van der Waals surface area contributed by atoms with E-state index in [4.69, 9.17) is 0 Å². The lowest BCUT2D eigenvalue weighted by molar-refractivity contribution is 0.965. The monoisotopic (exact) mass is 575 g/mol. The number of aromatic nitrogens is 1. The van der Waals surface area contributed by atoms with Gasteiger partial charge in [-0.1, -0.05) is 103 Å². The summed E-state index contributed by atoms with van der Waals surface area (Å²) in [6.45, 7) is 3.94. The molecule has 0 aliphatic rings. The molecule has 3 heteroatoms. The summed E-state index contributed by atoms with van der Waals surface area (Å²) in [4.78, 5) is 29.5. The maximum Gasteiger partial charge on any atom is 0.266 e. The van der Waals surface area contributed by atoms with Crippen LogP contribution in [0.3, 0.4) is 0 Å². The first-order chi connectivity index (χ1) is 22.0. The van der Waals surface area contributed by atoms with E-state index in [1.165, 1.54) is 26.1 Å². The molecule has 10 aromatic rings. The van der Waals surface area contributed by atoms with Crippen LogP contribution >= 0.6 is 0 Å². The molecule has 0 bridgehead atoms. The molecule has 0 aliphatic carbocycles. The van der Waals surface area contributed by atoms with Gasteiger partial charge in [0, 0.05) is 0 Å². The predicted octanol–water partition coefficient (Wildman–Crippen LogP) is 9.82. The van der Waals surface area contributed by atoms with Crippen molar-refractivity contribution in [2.24, 2.45) is 0 Å². The van der Waals surface area contributed by atoms with Crippen LogP contribution in [0.4, 0.5) is 0 Å². The minimum atomic E-state index is -0.253. The molecule has 0 unspecified atom stereocenters. The van der Waals surface area contributed by atoms with E-state index in [0.717, 1.165) is 65.7 Å². The van der Waals surface area contributed by atoms with Crippen molar-refractivity contribution in [2.45, 2.75) is 13.8 Å². The van der Waals surface area contributed by atoms with Gasteiger partial charge in [0.2, 0.25) is 0 Å². The zero-order chi connectivity index (χ0) is 30.1. The Labute approximate surface area is 257 Å². The number of nitrogens with zero attached hydrogens (tertiary/aromatic N) is 1. The lowest BCUT2D eigenvalue weighted by Gasteiger charge is -2.12. The molecule has 9 aromatic carbocycles. The van der Waals surface area contributed by atoms with Crippen LogP contribution in [0.5, 0.6) is 0 Å². The molecular formula is C42H25NO2. The van der Waals surface area contributed by atoms with Crippen LogP contribution in [0, 0.1) is 13.8 Å². The quantitative estimate of drug-likeness (QED) is 0.197. The van der Waals surface area contributed by atoms with Gasteiger partial charge in [-0.2, -0.15) is 0 Å². The molecule has 0 radical (unpaired) electrons. The Kier molecular flexibility index (Phi) is 4.61. The molecular weight excluding hydrogens is 550 g/mol. The van der Waals surface area contributed by atoms with Crippen LogP contribution in [0.25, 0.3) is 92.6 Å². The van der Waals surface area contributed by atoms with E-state index in [2.05, 4.69) is 84.9 Å². The van der Waals surface area contributed by atoms with E-state index in [1.807, 2.05) is 44.2 Å². The molecule has 0 spiro atoms. The lowest BCUT2D eigenvalue weighted by atomic mass is 9.89. The van der Waals surface area contributed by atoms with Gasteiger partial charge in [0.25, 0.3) is 11.1 Å². The normalized spacial score (nSPS) is 12.4. The van der Waals surface area contributed by atoms with Gasteiger partial charge in [0.05, 0.1) is 16.5 Å². The Bertz CT molecular complexity index is 2710. The van der Waals surface area contributed by atoms with Crippen molar-refractivity contribution < 1.29 is 0 Å². The maximum absolute atomic E-state index is 14.8. The van der Waals surface area contributed by atoms with Gasteiger partial charge in [-0.3, -0.25) is 9.59 Å². The third-order valence-corrected chi connectivity index (χ3v) is 10.1. The molecule has 45 heavy (non-hydrogen) atoms. The highest BCUT2D eigenvalue weighted by Gasteiger charge is 2.29. The number of aryl methyl sites for hydroxylation is 2. The third-order valence-electron chi connectivity index (χ3n) is 10.1. The predicted molar refractivity (Wildman–Crippen MR) is 188 cm³/mol. The number of benzene rings is 8. The molecule has 0 amide bonds. The average Bonchev–Trinajstić information content (AvgIpc) is 3.56. The second-order valence-corrected chi connectivity index (χ2v) is 12.4. The second kappa shape index (κ2) is 8.43. The first-order valence-electron chi connectivity index (χ1n) is 15.4. The van der Waals surface area contributed by atoms with Gasteiger partial charge < -0.3 is 0 Å². The number of fused-ring (bicyclic) bond motifs is 3. The molecule has 1 aromatic heterocycles. The van der Waals surface area contributed by atoms with Crippen LogP contribution < -0.4 is 11.1 Å². The van der Waals surface area contributed by atoms with Gasteiger partial charge >= 0.3 is 0 Å². The first-order valence-corrected chi connectivity index (χ1v) is 15.4. The fourth-order valence-corrected chi connectivity index (χ4v) is 8.26. The Morgan fingerprint density at radius 2 is 0.867 bits per heavy atom. The second-order valence-electron chi connectivity index (χ2n) is 12.4. The van der Waals surface area contributed by atoms with Gasteiger partial charge in [0.1, 0.15) is 0 Å². The minimum absolute atomic E-state index is 0.253. The van der Waals surface area contributed by atoms with Crippen LogP contribution in [-0.4, -0.2) is 4.57 Å². The largest absolute Gasteiger partial charge is 0.268 e.